The van der Waals surface area contributed by atoms with Crippen LogP contribution in [0.1, 0.15) is 41.4 Å². The average molecular weight is 446 g/mol. The molecule has 158 valence electrons. The van der Waals surface area contributed by atoms with Crippen molar-refractivity contribution in [1.29, 1.82) is 0 Å². The molecule has 1 amide bonds. The van der Waals surface area contributed by atoms with Crippen LogP contribution in [0.15, 0.2) is 59.2 Å². The van der Waals surface area contributed by atoms with E-state index in [4.69, 9.17) is 27.6 Å². The smallest absolute Gasteiger partial charge is 0.273 e. The minimum atomic E-state index is -0.228. The second-order valence-corrected chi connectivity index (χ2v) is 8.44. The molecule has 0 saturated heterocycles. The highest BCUT2D eigenvalue weighted by molar-refractivity contribution is 6.35. The Hall–Kier alpha value is -2.34. The van der Waals surface area contributed by atoms with Gasteiger partial charge in [0.25, 0.3) is 5.91 Å². The normalized spacial score (nSPS) is 11.3. The van der Waals surface area contributed by atoms with Crippen molar-refractivity contribution in [3.05, 3.63) is 87.6 Å². The van der Waals surface area contributed by atoms with Gasteiger partial charge in [-0.1, -0.05) is 73.4 Å². The van der Waals surface area contributed by atoms with E-state index in [-0.39, 0.29) is 11.6 Å². The van der Waals surface area contributed by atoms with E-state index in [1.54, 1.807) is 6.07 Å². The lowest BCUT2D eigenvalue weighted by molar-refractivity contribution is 0.0944. The van der Waals surface area contributed by atoms with Crippen LogP contribution in [0.25, 0.3) is 0 Å². The predicted molar refractivity (Wildman–Crippen MR) is 120 cm³/mol. The molecular weight excluding hydrogens is 421 g/mol. The summed E-state index contributed by atoms with van der Waals surface area (Å²) in [5, 5.41) is 4.07. The van der Waals surface area contributed by atoms with Gasteiger partial charge < -0.3 is 9.73 Å². The highest BCUT2D eigenvalue weighted by Crippen LogP contribution is 2.24. The molecule has 0 spiro atoms. The van der Waals surface area contributed by atoms with E-state index in [9.17, 15) is 4.79 Å². The summed E-state index contributed by atoms with van der Waals surface area (Å²) in [6, 6.07) is 15.6. The molecule has 0 aliphatic heterocycles. The van der Waals surface area contributed by atoms with Crippen LogP contribution in [0.5, 0.6) is 0 Å². The molecule has 0 radical (unpaired) electrons. The molecule has 0 fully saturated rings. The Kier molecular flexibility index (Phi) is 7.91. The van der Waals surface area contributed by atoms with Crippen molar-refractivity contribution >= 4 is 29.1 Å². The molecule has 0 aliphatic carbocycles. The Balaban J connectivity index is 1.74. The molecule has 0 unspecified atom stereocenters. The van der Waals surface area contributed by atoms with Gasteiger partial charge in [-0.25, -0.2) is 4.98 Å². The highest BCUT2D eigenvalue weighted by atomic mass is 35.5. The van der Waals surface area contributed by atoms with Crippen LogP contribution in [-0.2, 0) is 19.6 Å². The minimum absolute atomic E-state index is 0.228. The number of oxazole rings is 1. The Bertz CT molecular complexity index is 974. The monoisotopic (exact) mass is 445 g/mol. The number of halogens is 2. The fourth-order valence-electron chi connectivity index (χ4n) is 2.97. The molecule has 2 aromatic carbocycles. The third kappa shape index (κ3) is 6.59. The molecule has 3 rings (SSSR count). The number of nitrogens with one attached hydrogen (secondary N) is 1. The first-order chi connectivity index (χ1) is 14.4. The summed E-state index contributed by atoms with van der Waals surface area (Å²) in [4.78, 5) is 18.8. The first kappa shape index (κ1) is 22.3. The van der Waals surface area contributed by atoms with Crippen molar-refractivity contribution in [2.75, 3.05) is 6.54 Å². The van der Waals surface area contributed by atoms with Gasteiger partial charge in [-0.05, 0) is 29.2 Å². The maximum absolute atomic E-state index is 12.2. The van der Waals surface area contributed by atoms with E-state index >= 15 is 0 Å². The molecule has 30 heavy (non-hydrogen) atoms. The topological polar surface area (TPSA) is 58.4 Å². The Morgan fingerprint density at radius 2 is 1.87 bits per heavy atom. The number of benzene rings is 2. The second kappa shape index (κ2) is 10.6. The van der Waals surface area contributed by atoms with Crippen molar-refractivity contribution in [3.8, 4) is 0 Å². The predicted octanol–water partition coefficient (Wildman–Crippen LogP) is 5.57. The summed E-state index contributed by atoms with van der Waals surface area (Å²) in [5.41, 5.74) is 2.40. The Morgan fingerprint density at radius 3 is 2.57 bits per heavy atom. The van der Waals surface area contributed by atoms with Crippen molar-refractivity contribution in [2.24, 2.45) is 5.92 Å². The van der Waals surface area contributed by atoms with Crippen LogP contribution in [0.3, 0.4) is 0 Å². The zero-order chi connectivity index (χ0) is 21.5. The van der Waals surface area contributed by atoms with E-state index in [0.717, 1.165) is 11.1 Å². The first-order valence-corrected chi connectivity index (χ1v) is 10.6. The molecule has 0 saturated carbocycles. The van der Waals surface area contributed by atoms with Crippen molar-refractivity contribution in [3.63, 3.8) is 0 Å². The lowest BCUT2D eigenvalue weighted by atomic mass is 10.1. The van der Waals surface area contributed by atoms with E-state index in [1.165, 1.54) is 6.26 Å². The Morgan fingerprint density at radius 1 is 1.10 bits per heavy atom. The van der Waals surface area contributed by atoms with Gasteiger partial charge in [0, 0.05) is 29.7 Å². The van der Waals surface area contributed by atoms with Crippen molar-refractivity contribution in [1.82, 2.24) is 15.2 Å². The van der Waals surface area contributed by atoms with Gasteiger partial charge in [0.15, 0.2) is 5.69 Å². The summed E-state index contributed by atoms with van der Waals surface area (Å²) >= 11 is 12.4. The van der Waals surface area contributed by atoms with Gasteiger partial charge >= 0.3 is 0 Å². The summed E-state index contributed by atoms with van der Waals surface area (Å²) in [6.45, 7) is 6.37. The molecule has 1 N–H and O–H groups in total. The quantitative estimate of drug-likeness (QED) is 0.467. The molecular formula is C23H25Cl2N3O2. The lowest BCUT2D eigenvalue weighted by Crippen LogP contribution is -2.27. The number of rotatable bonds is 9. The van der Waals surface area contributed by atoms with E-state index in [0.29, 0.717) is 48.0 Å². The van der Waals surface area contributed by atoms with Gasteiger partial charge in [-0.3, -0.25) is 9.69 Å². The van der Waals surface area contributed by atoms with Crippen LogP contribution in [0.2, 0.25) is 10.0 Å². The fraction of sp³-hybridized carbons (Fsp3) is 0.304. The molecule has 1 heterocycles. The fourth-order valence-corrected chi connectivity index (χ4v) is 3.43. The maximum atomic E-state index is 12.2. The minimum Gasteiger partial charge on any atom is -0.447 e. The highest BCUT2D eigenvalue weighted by Gasteiger charge is 2.17. The summed E-state index contributed by atoms with van der Waals surface area (Å²) in [5.74, 6) is 0.616. The first-order valence-electron chi connectivity index (χ1n) is 9.83. The van der Waals surface area contributed by atoms with E-state index < -0.39 is 0 Å². The number of hydrogen-bond donors (Lipinski definition) is 1. The lowest BCUT2D eigenvalue weighted by Gasteiger charge is -2.21. The van der Waals surface area contributed by atoms with Gasteiger partial charge in [-0.2, -0.15) is 0 Å². The second-order valence-electron chi connectivity index (χ2n) is 7.60. The standard InChI is InChI=1S/C23H25Cl2N3O2/c1-16(2)11-26-23(29)21-15-30-22(27-21)14-28(12-17-6-4-3-5-7-17)13-18-8-9-19(24)10-20(18)25/h3-10,15-16H,11-14H2,1-2H3,(H,26,29). The molecule has 0 bridgehead atoms. The Labute approximate surface area is 187 Å². The van der Waals surface area contributed by atoms with Gasteiger partial charge in [0.05, 0.1) is 6.54 Å². The zero-order valence-electron chi connectivity index (χ0n) is 17.1. The van der Waals surface area contributed by atoms with E-state index in [1.807, 2.05) is 44.2 Å². The molecule has 7 heteroatoms. The zero-order valence-corrected chi connectivity index (χ0v) is 18.6. The number of amides is 1. The molecule has 1 aromatic heterocycles. The van der Waals surface area contributed by atoms with Gasteiger partial charge in [0.2, 0.25) is 5.89 Å². The number of hydrogen-bond acceptors (Lipinski definition) is 4. The SMILES string of the molecule is CC(C)CNC(=O)c1coc(CN(Cc2ccccc2)Cc2ccc(Cl)cc2Cl)n1. The van der Waals surface area contributed by atoms with Crippen LogP contribution in [0.4, 0.5) is 0 Å². The number of carbonyl (C=O) groups excluding carboxylic acids is 1. The van der Waals surface area contributed by atoms with Crippen LogP contribution in [0, 0.1) is 5.92 Å². The van der Waals surface area contributed by atoms with Crippen molar-refractivity contribution < 1.29 is 9.21 Å². The summed E-state index contributed by atoms with van der Waals surface area (Å²) in [7, 11) is 0. The number of aromatic nitrogens is 1. The largest absolute Gasteiger partial charge is 0.447 e. The summed E-state index contributed by atoms with van der Waals surface area (Å²) in [6.07, 6.45) is 1.40. The van der Waals surface area contributed by atoms with E-state index in [2.05, 4.69) is 27.3 Å². The van der Waals surface area contributed by atoms with Crippen LogP contribution in [-0.4, -0.2) is 22.3 Å². The number of carbonyl (C=O) groups is 1. The molecule has 5 nitrogen and oxygen atoms in total. The van der Waals surface area contributed by atoms with Crippen LogP contribution >= 0.6 is 23.2 Å². The maximum Gasteiger partial charge on any atom is 0.273 e. The van der Waals surface area contributed by atoms with Gasteiger partial charge in [0.1, 0.15) is 6.26 Å². The summed E-state index contributed by atoms with van der Waals surface area (Å²) < 4.78 is 5.58. The third-order valence-corrected chi connectivity index (χ3v) is 5.06. The molecule has 3 aromatic rings. The van der Waals surface area contributed by atoms with Crippen LogP contribution < -0.4 is 5.32 Å². The molecule has 0 aliphatic rings. The average Bonchev–Trinajstić information content (AvgIpc) is 3.17. The number of nitrogens with zero attached hydrogens (tertiary/aromatic N) is 2. The third-order valence-electron chi connectivity index (χ3n) is 4.47. The molecule has 0 atom stereocenters. The van der Waals surface area contributed by atoms with Gasteiger partial charge in [-0.15, -0.1) is 0 Å². The van der Waals surface area contributed by atoms with Crippen molar-refractivity contribution in [2.45, 2.75) is 33.5 Å².